The normalized spacial score (nSPS) is 13.0. The summed E-state index contributed by atoms with van der Waals surface area (Å²) in [5.41, 5.74) is -1.89. The van der Waals surface area contributed by atoms with Crippen molar-refractivity contribution in [3.8, 4) is 0 Å². The Bertz CT molecular complexity index is 778. The van der Waals surface area contributed by atoms with Crippen LogP contribution in [0.25, 0.3) is 0 Å². The van der Waals surface area contributed by atoms with Crippen LogP contribution in [0.4, 0.5) is 26.3 Å². The Morgan fingerprint density at radius 3 is 1.81 bits per heavy atom. The van der Waals surface area contributed by atoms with Gasteiger partial charge in [0.15, 0.2) is 0 Å². The first-order valence-electron chi connectivity index (χ1n) is 4.74. The lowest BCUT2D eigenvalue weighted by Gasteiger charge is -2.14. The third-order valence-electron chi connectivity index (χ3n) is 2.11. The molecule has 1 aromatic carbocycles. The molecule has 118 valence electrons. The first-order valence-corrected chi connectivity index (χ1v) is 7.30. The Labute approximate surface area is 115 Å². The Hall–Kier alpha value is -1.56. The maximum Gasteiger partial charge on any atom is 0.442 e. The lowest BCUT2D eigenvalue weighted by molar-refractivity contribution is -0.139. The molecule has 0 heterocycles. The first-order chi connectivity index (χ1) is 9.29. The van der Waals surface area contributed by atoms with Gasteiger partial charge in [0.05, 0.1) is 10.5 Å². The lowest BCUT2D eigenvalue weighted by atomic mass is 10.2. The average Bonchev–Trinajstić information content (AvgIpc) is 2.24. The smallest absolute Gasteiger partial charge is 0.217 e. The van der Waals surface area contributed by atoms with E-state index in [9.17, 15) is 43.2 Å². The van der Waals surface area contributed by atoms with E-state index in [1.54, 1.807) is 0 Å². The SMILES string of the molecule is O=S(=O)=C(C(F)(F)F)S(=O)(=O)c1ccccc1C(F)(F)F. The molecule has 0 aromatic heterocycles. The minimum absolute atomic E-state index is 0.231. The molecule has 0 aliphatic rings. The van der Waals surface area contributed by atoms with E-state index in [-0.39, 0.29) is 12.1 Å². The molecule has 0 saturated heterocycles. The molecule has 0 aliphatic carbocycles. The fourth-order valence-electron chi connectivity index (χ4n) is 1.37. The molecule has 0 atom stereocenters. The average molecular weight is 354 g/mol. The summed E-state index contributed by atoms with van der Waals surface area (Å²) in [5, 5.41) is 0. The van der Waals surface area contributed by atoms with Gasteiger partial charge < -0.3 is 0 Å². The van der Waals surface area contributed by atoms with Crippen LogP contribution in [0.2, 0.25) is 0 Å². The van der Waals surface area contributed by atoms with E-state index < -0.39 is 47.1 Å². The molecule has 12 heteroatoms. The van der Waals surface area contributed by atoms with Crippen molar-refractivity contribution in [1.29, 1.82) is 0 Å². The summed E-state index contributed by atoms with van der Waals surface area (Å²) in [7, 11) is -10.2. The van der Waals surface area contributed by atoms with Gasteiger partial charge in [-0.1, -0.05) is 12.1 Å². The second-order valence-corrected chi connectivity index (χ2v) is 6.51. The third kappa shape index (κ3) is 3.56. The van der Waals surface area contributed by atoms with Gasteiger partial charge in [-0.05, 0) is 12.1 Å². The van der Waals surface area contributed by atoms with Gasteiger partial charge >= 0.3 is 12.4 Å². The molecule has 0 bridgehead atoms. The number of hydrogen-bond acceptors (Lipinski definition) is 4. The molecule has 0 amide bonds. The number of rotatable bonds is 1. The largest absolute Gasteiger partial charge is 0.442 e. The molecule has 4 nitrogen and oxygen atoms in total. The summed E-state index contributed by atoms with van der Waals surface area (Å²) in [5.74, 6) is 0. The highest BCUT2D eigenvalue weighted by molar-refractivity contribution is 8.15. The zero-order chi connectivity index (χ0) is 16.6. The fourth-order valence-corrected chi connectivity index (χ4v) is 3.78. The zero-order valence-electron chi connectivity index (χ0n) is 9.53. The molecule has 0 saturated carbocycles. The van der Waals surface area contributed by atoms with E-state index >= 15 is 0 Å². The van der Waals surface area contributed by atoms with Gasteiger partial charge in [0.1, 0.15) is 0 Å². The standard InChI is InChI=1S/C9H4F6O4S2/c10-8(11,12)5-3-1-2-4-6(5)21(18,19)7(20(16)17)9(13,14)15/h1-4H. The van der Waals surface area contributed by atoms with Crippen LogP contribution in [0.15, 0.2) is 29.2 Å². The van der Waals surface area contributed by atoms with Crippen molar-refractivity contribution in [2.45, 2.75) is 17.2 Å². The Kier molecular flexibility index (Phi) is 4.44. The van der Waals surface area contributed by atoms with Gasteiger partial charge in [-0.25, -0.2) is 8.42 Å². The van der Waals surface area contributed by atoms with E-state index in [4.69, 9.17) is 0 Å². The zero-order valence-corrected chi connectivity index (χ0v) is 11.2. The fraction of sp³-hybridized carbons (Fsp3) is 0.222. The summed E-state index contributed by atoms with van der Waals surface area (Å²) in [6.07, 6.45) is -11.1. The predicted molar refractivity (Wildman–Crippen MR) is 58.6 cm³/mol. The van der Waals surface area contributed by atoms with Crippen molar-refractivity contribution >= 4 is 24.3 Å². The Morgan fingerprint density at radius 1 is 0.952 bits per heavy atom. The van der Waals surface area contributed by atoms with Crippen molar-refractivity contribution in [3.63, 3.8) is 0 Å². The van der Waals surface area contributed by atoms with Crippen molar-refractivity contribution in [3.05, 3.63) is 29.8 Å². The minimum atomic E-state index is -5.91. The molecular formula is C9H4F6O4S2. The van der Waals surface area contributed by atoms with Crippen LogP contribution < -0.4 is 0 Å². The molecule has 0 spiro atoms. The quantitative estimate of drug-likeness (QED) is 0.572. The maximum absolute atomic E-state index is 12.6. The molecule has 21 heavy (non-hydrogen) atoms. The number of hydrogen-bond donors (Lipinski definition) is 0. The van der Waals surface area contributed by atoms with Crippen molar-refractivity contribution < 1.29 is 43.2 Å². The van der Waals surface area contributed by atoms with E-state index in [1.807, 2.05) is 0 Å². The summed E-state index contributed by atoms with van der Waals surface area (Å²) >= 11 is 0. The highest BCUT2D eigenvalue weighted by atomic mass is 32.2. The van der Waals surface area contributed by atoms with Gasteiger partial charge in [0.2, 0.25) is 20.1 Å². The molecule has 0 fully saturated rings. The van der Waals surface area contributed by atoms with Crippen LogP contribution in [-0.2, 0) is 26.3 Å². The van der Waals surface area contributed by atoms with Gasteiger partial charge in [-0.15, -0.1) is 0 Å². The van der Waals surface area contributed by atoms with Crippen molar-refractivity contribution in [2.24, 2.45) is 0 Å². The summed E-state index contributed by atoms with van der Waals surface area (Å²) in [6, 6.07) is 1.97. The second kappa shape index (κ2) is 5.33. The van der Waals surface area contributed by atoms with Crippen molar-refractivity contribution in [1.82, 2.24) is 0 Å². The summed E-state index contributed by atoms with van der Waals surface area (Å²) < 4.78 is 117. The van der Waals surface area contributed by atoms with Crippen LogP contribution in [0, 0.1) is 0 Å². The van der Waals surface area contributed by atoms with Crippen LogP contribution in [0.1, 0.15) is 5.56 Å². The van der Waals surface area contributed by atoms with Gasteiger partial charge in [-0.2, -0.15) is 34.8 Å². The molecule has 0 radical (unpaired) electrons. The van der Waals surface area contributed by atoms with Gasteiger partial charge in [0, 0.05) is 0 Å². The monoisotopic (exact) mass is 354 g/mol. The number of sulfone groups is 1. The Balaban J connectivity index is 3.81. The third-order valence-corrected chi connectivity index (χ3v) is 5.36. The molecule has 1 aromatic rings. The van der Waals surface area contributed by atoms with Crippen LogP contribution in [-0.4, -0.2) is 27.2 Å². The van der Waals surface area contributed by atoms with E-state index in [1.165, 1.54) is 0 Å². The molecule has 1 rings (SSSR count). The lowest BCUT2D eigenvalue weighted by Crippen LogP contribution is -2.33. The highest BCUT2D eigenvalue weighted by Crippen LogP contribution is 2.36. The van der Waals surface area contributed by atoms with Gasteiger partial charge in [0.25, 0.3) is 4.20 Å². The molecule has 0 aliphatic heterocycles. The second-order valence-electron chi connectivity index (χ2n) is 3.52. The number of alkyl halides is 6. The van der Waals surface area contributed by atoms with Crippen LogP contribution in [0.5, 0.6) is 0 Å². The summed E-state index contributed by atoms with van der Waals surface area (Å²) in [4.78, 5) is -1.78. The maximum atomic E-state index is 12.6. The van der Waals surface area contributed by atoms with Crippen LogP contribution >= 0.6 is 0 Å². The van der Waals surface area contributed by atoms with E-state index in [0.717, 1.165) is 12.1 Å². The molecular weight excluding hydrogens is 350 g/mol. The van der Waals surface area contributed by atoms with Gasteiger partial charge in [-0.3, -0.25) is 0 Å². The first kappa shape index (κ1) is 17.5. The summed E-state index contributed by atoms with van der Waals surface area (Å²) in [6.45, 7) is 0. The number of benzene rings is 1. The molecule has 0 unspecified atom stereocenters. The number of halogens is 6. The van der Waals surface area contributed by atoms with E-state index in [2.05, 4.69) is 0 Å². The van der Waals surface area contributed by atoms with Crippen LogP contribution in [0.3, 0.4) is 0 Å². The Morgan fingerprint density at radius 2 is 1.43 bits per heavy atom. The highest BCUT2D eigenvalue weighted by Gasteiger charge is 2.49. The predicted octanol–water partition coefficient (Wildman–Crippen LogP) is 2.05. The molecule has 0 N–H and O–H groups in total. The minimum Gasteiger partial charge on any atom is -0.217 e. The van der Waals surface area contributed by atoms with E-state index in [0.29, 0.717) is 0 Å². The topological polar surface area (TPSA) is 68.3 Å². The van der Waals surface area contributed by atoms with Crippen molar-refractivity contribution in [2.75, 3.05) is 0 Å².